The van der Waals surface area contributed by atoms with Crippen molar-refractivity contribution in [3.05, 3.63) is 51.4 Å². The van der Waals surface area contributed by atoms with E-state index in [4.69, 9.17) is 11.6 Å². The Balaban J connectivity index is 1.64. The molecular formula is C16H16ClFN2OS. The molecule has 0 spiro atoms. The molecule has 1 aliphatic heterocycles. The number of amides is 1. The van der Waals surface area contributed by atoms with Crippen molar-refractivity contribution in [1.82, 2.24) is 4.90 Å². The second-order valence-corrected chi connectivity index (χ2v) is 6.73. The van der Waals surface area contributed by atoms with Crippen molar-refractivity contribution >= 4 is 34.5 Å². The average molecular weight is 339 g/mol. The van der Waals surface area contributed by atoms with Gasteiger partial charge in [-0.25, -0.2) is 4.39 Å². The second-order valence-electron chi connectivity index (χ2n) is 5.32. The van der Waals surface area contributed by atoms with Crippen LogP contribution >= 0.6 is 22.9 Å². The van der Waals surface area contributed by atoms with Gasteiger partial charge in [0, 0.05) is 15.9 Å². The summed E-state index contributed by atoms with van der Waals surface area (Å²) >= 11 is 7.42. The maximum absolute atomic E-state index is 13.7. The van der Waals surface area contributed by atoms with Crippen LogP contribution in [0.1, 0.15) is 23.8 Å². The monoisotopic (exact) mass is 338 g/mol. The maximum atomic E-state index is 13.7. The summed E-state index contributed by atoms with van der Waals surface area (Å²) in [4.78, 5) is 15.6. The molecule has 0 saturated carbocycles. The fraction of sp³-hybridized carbons (Fsp3) is 0.312. The lowest BCUT2D eigenvalue weighted by Crippen LogP contribution is -2.32. The van der Waals surface area contributed by atoms with Crippen LogP contribution in [0.4, 0.5) is 10.1 Å². The Bertz CT molecular complexity index is 662. The molecule has 0 aliphatic carbocycles. The van der Waals surface area contributed by atoms with Gasteiger partial charge in [0.05, 0.1) is 12.2 Å². The number of hydrogen-bond acceptors (Lipinski definition) is 3. The quantitative estimate of drug-likeness (QED) is 0.900. The molecule has 0 bridgehead atoms. The van der Waals surface area contributed by atoms with E-state index in [-0.39, 0.29) is 18.1 Å². The van der Waals surface area contributed by atoms with Crippen molar-refractivity contribution < 1.29 is 9.18 Å². The minimum Gasteiger partial charge on any atom is -0.322 e. The number of rotatable bonds is 4. The van der Waals surface area contributed by atoms with Gasteiger partial charge in [-0.1, -0.05) is 17.7 Å². The molecule has 116 valence electrons. The first kappa shape index (κ1) is 15.5. The molecule has 6 heteroatoms. The highest BCUT2D eigenvalue weighted by atomic mass is 35.5. The third-order valence-corrected chi connectivity index (χ3v) is 5.00. The molecule has 1 N–H and O–H groups in total. The van der Waals surface area contributed by atoms with Crippen molar-refractivity contribution in [1.29, 1.82) is 0 Å². The SMILES string of the molecule is O=C(CN1CCC[C@H]1c1cccs1)Nc1ccc(Cl)cc1F. The molecule has 2 heterocycles. The van der Waals surface area contributed by atoms with Gasteiger partial charge in [0.2, 0.25) is 5.91 Å². The highest BCUT2D eigenvalue weighted by Crippen LogP contribution is 2.34. The molecule has 0 radical (unpaired) electrons. The van der Waals surface area contributed by atoms with Crippen LogP contribution in [-0.2, 0) is 4.79 Å². The first-order valence-electron chi connectivity index (χ1n) is 7.16. The summed E-state index contributed by atoms with van der Waals surface area (Å²) < 4.78 is 13.7. The van der Waals surface area contributed by atoms with Crippen molar-refractivity contribution in [2.24, 2.45) is 0 Å². The number of anilines is 1. The van der Waals surface area contributed by atoms with Gasteiger partial charge in [-0.05, 0) is 49.0 Å². The smallest absolute Gasteiger partial charge is 0.238 e. The van der Waals surface area contributed by atoms with Crippen molar-refractivity contribution in [2.75, 3.05) is 18.4 Å². The van der Waals surface area contributed by atoms with E-state index < -0.39 is 5.82 Å². The van der Waals surface area contributed by atoms with Crippen LogP contribution in [0, 0.1) is 5.82 Å². The van der Waals surface area contributed by atoms with E-state index in [2.05, 4.69) is 21.7 Å². The minimum absolute atomic E-state index is 0.168. The standard InChI is InChI=1S/C16H16ClFN2OS/c17-11-5-6-13(12(18)9-11)19-16(21)10-20-7-1-3-14(20)15-4-2-8-22-15/h2,4-6,8-9,14H,1,3,7,10H2,(H,19,21)/t14-/m0/s1. The number of nitrogens with zero attached hydrogens (tertiary/aromatic N) is 1. The summed E-state index contributed by atoms with van der Waals surface area (Å²) in [6, 6.07) is 8.66. The first-order chi connectivity index (χ1) is 10.6. The lowest BCUT2D eigenvalue weighted by molar-refractivity contribution is -0.117. The van der Waals surface area contributed by atoms with E-state index in [0.717, 1.165) is 19.4 Å². The highest BCUT2D eigenvalue weighted by molar-refractivity contribution is 7.10. The number of likely N-dealkylation sites (tertiary alicyclic amines) is 1. The average Bonchev–Trinajstić information content (AvgIpc) is 3.12. The molecule has 1 amide bonds. The molecular weight excluding hydrogens is 323 g/mol. The molecule has 3 rings (SSSR count). The zero-order valence-electron chi connectivity index (χ0n) is 11.9. The number of halogens is 2. The predicted octanol–water partition coefficient (Wildman–Crippen LogP) is 4.32. The first-order valence-corrected chi connectivity index (χ1v) is 8.41. The number of thiophene rings is 1. The summed E-state index contributed by atoms with van der Waals surface area (Å²) in [7, 11) is 0. The van der Waals surface area contributed by atoms with Gasteiger partial charge in [0.15, 0.2) is 0 Å². The number of carbonyl (C=O) groups is 1. The Labute approximate surface area is 137 Å². The van der Waals surface area contributed by atoms with Crippen LogP contribution in [0.3, 0.4) is 0 Å². The summed E-state index contributed by atoms with van der Waals surface area (Å²) in [6.45, 7) is 1.16. The predicted molar refractivity (Wildman–Crippen MR) is 87.9 cm³/mol. The lowest BCUT2D eigenvalue weighted by Gasteiger charge is -2.22. The fourth-order valence-electron chi connectivity index (χ4n) is 2.78. The van der Waals surface area contributed by atoms with Crippen molar-refractivity contribution in [2.45, 2.75) is 18.9 Å². The highest BCUT2D eigenvalue weighted by Gasteiger charge is 2.28. The van der Waals surface area contributed by atoms with Crippen molar-refractivity contribution in [3.8, 4) is 0 Å². The van der Waals surface area contributed by atoms with Gasteiger partial charge in [-0.3, -0.25) is 9.69 Å². The molecule has 1 fully saturated rings. The Morgan fingerprint density at radius 3 is 3.05 bits per heavy atom. The van der Waals surface area contributed by atoms with Gasteiger partial charge < -0.3 is 5.32 Å². The molecule has 3 nitrogen and oxygen atoms in total. The van der Waals surface area contributed by atoms with Gasteiger partial charge in [0.25, 0.3) is 0 Å². The number of nitrogens with one attached hydrogen (secondary N) is 1. The zero-order valence-corrected chi connectivity index (χ0v) is 13.5. The lowest BCUT2D eigenvalue weighted by atomic mass is 10.2. The Hall–Kier alpha value is -1.43. The zero-order chi connectivity index (χ0) is 15.5. The van der Waals surface area contributed by atoms with E-state index in [1.807, 2.05) is 6.07 Å². The van der Waals surface area contributed by atoms with Crippen LogP contribution in [0.5, 0.6) is 0 Å². The van der Waals surface area contributed by atoms with Gasteiger partial charge >= 0.3 is 0 Å². The normalized spacial score (nSPS) is 18.5. The van der Waals surface area contributed by atoms with E-state index in [0.29, 0.717) is 11.1 Å². The number of carbonyl (C=O) groups excluding carboxylic acids is 1. The number of hydrogen-bond donors (Lipinski definition) is 1. The second kappa shape index (κ2) is 6.77. The van der Waals surface area contributed by atoms with Crippen molar-refractivity contribution in [3.63, 3.8) is 0 Å². The third-order valence-electron chi connectivity index (χ3n) is 3.79. The topological polar surface area (TPSA) is 32.3 Å². The molecule has 0 unspecified atom stereocenters. The van der Waals surface area contributed by atoms with Crippen LogP contribution < -0.4 is 5.32 Å². The molecule has 1 aromatic heterocycles. The Morgan fingerprint density at radius 2 is 2.32 bits per heavy atom. The minimum atomic E-state index is -0.517. The molecule has 1 saturated heterocycles. The van der Waals surface area contributed by atoms with Crippen LogP contribution in [0.15, 0.2) is 35.7 Å². The summed E-state index contributed by atoms with van der Waals surface area (Å²) in [5.41, 5.74) is 0.168. The van der Waals surface area contributed by atoms with Gasteiger partial charge in [0.1, 0.15) is 5.82 Å². The van der Waals surface area contributed by atoms with Gasteiger partial charge in [-0.2, -0.15) is 0 Å². The molecule has 2 aromatic rings. The molecule has 1 aromatic carbocycles. The summed E-state index contributed by atoms with van der Waals surface area (Å²) in [5.74, 6) is -0.721. The van der Waals surface area contributed by atoms with E-state index in [1.54, 1.807) is 17.4 Å². The van der Waals surface area contributed by atoms with Crippen LogP contribution in [0.2, 0.25) is 5.02 Å². The molecule has 22 heavy (non-hydrogen) atoms. The van der Waals surface area contributed by atoms with Crippen LogP contribution in [0.25, 0.3) is 0 Å². The van der Waals surface area contributed by atoms with E-state index >= 15 is 0 Å². The summed E-state index contributed by atoms with van der Waals surface area (Å²) in [6.07, 6.45) is 2.13. The fourth-order valence-corrected chi connectivity index (χ4v) is 3.84. The summed E-state index contributed by atoms with van der Waals surface area (Å²) in [5, 5.41) is 4.98. The third kappa shape index (κ3) is 3.48. The molecule has 1 atom stereocenters. The Kier molecular flexibility index (Phi) is 4.76. The Morgan fingerprint density at radius 1 is 1.45 bits per heavy atom. The number of benzene rings is 1. The van der Waals surface area contributed by atoms with E-state index in [9.17, 15) is 9.18 Å². The van der Waals surface area contributed by atoms with Crippen LogP contribution in [-0.4, -0.2) is 23.9 Å². The largest absolute Gasteiger partial charge is 0.322 e. The maximum Gasteiger partial charge on any atom is 0.238 e. The van der Waals surface area contributed by atoms with Gasteiger partial charge in [-0.15, -0.1) is 11.3 Å². The molecule has 1 aliphatic rings. The van der Waals surface area contributed by atoms with E-state index in [1.165, 1.54) is 17.0 Å².